The van der Waals surface area contributed by atoms with Gasteiger partial charge in [-0.1, -0.05) is 38.1 Å². The first-order valence-electron chi connectivity index (χ1n) is 5.82. The molecule has 0 aliphatic rings. The van der Waals surface area contributed by atoms with Crippen molar-refractivity contribution >= 4 is 12.1 Å². The molecule has 0 aliphatic carbocycles. The predicted molar refractivity (Wildman–Crippen MR) is 70.9 cm³/mol. The number of methoxy groups -OCH3 is 2. The zero-order valence-corrected chi connectivity index (χ0v) is 11.2. The van der Waals surface area contributed by atoms with Crippen molar-refractivity contribution < 1.29 is 14.3 Å². The van der Waals surface area contributed by atoms with E-state index in [1.807, 2.05) is 24.3 Å². The molecule has 4 heteroatoms. The van der Waals surface area contributed by atoms with E-state index in [0.29, 0.717) is 5.92 Å². The number of carbonyl (C=O) groups excluding carboxylic acids is 1. The van der Waals surface area contributed by atoms with E-state index in [1.165, 1.54) is 26.0 Å². The van der Waals surface area contributed by atoms with Crippen LogP contribution in [-0.4, -0.2) is 32.6 Å². The summed E-state index contributed by atoms with van der Waals surface area (Å²) in [6.07, 6.45) is 0.577. The van der Waals surface area contributed by atoms with Crippen molar-refractivity contribution in [2.75, 3.05) is 14.2 Å². The second-order valence-corrected chi connectivity index (χ2v) is 4.22. The third-order valence-corrected chi connectivity index (χ3v) is 2.57. The summed E-state index contributed by atoms with van der Waals surface area (Å²) < 4.78 is 9.63. The fourth-order valence-electron chi connectivity index (χ4n) is 1.46. The van der Waals surface area contributed by atoms with Crippen LogP contribution in [0.15, 0.2) is 29.3 Å². The molecule has 0 fully saturated rings. The van der Waals surface area contributed by atoms with Crippen LogP contribution in [0.3, 0.4) is 0 Å². The first kappa shape index (κ1) is 14.5. The Hall–Kier alpha value is -1.52. The average molecular weight is 249 g/mol. The summed E-state index contributed by atoms with van der Waals surface area (Å²) in [5.74, 6) is 0.0388. The molecule has 0 unspecified atom stereocenters. The Morgan fingerprint density at radius 3 is 2.17 bits per heavy atom. The molecule has 1 rings (SSSR count). The van der Waals surface area contributed by atoms with Crippen molar-refractivity contribution in [3.05, 3.63) is 35.4 Å². The average Bonchev–Trinajstić information content (AvgIpc) is 2.38. The molecule has 0 N–H and O–H groups in total. The third kappa shape index (κ3) is 4.05. The summed E-state index contributed by atoms with van der Waals surface area (Å²) >= 11 is 0. The van der Waals surface area contributed by atoms with Gasteiger partial charge in [-0.15, -0.1) is 0 Å². The van der Waals surface area contributed by atoms with Crippen LogP contribution in [0.5, 0.6) is 0 Å². The molecule has 0 aliphatic heterocycles. The Labute approximate surface area is 108 Å². The van der Waals surface area contributed by atoms with Crippen molar-refractivity contribution in [1.82, 2.24) is 0 Å². The minimum absolute atomic E-state index is 0.451. The van der Waals surface area contributed by atoms with Gasteiger partial charge in [-0.25, -0.2) is 4.99 Å². The van der Waals surface area contributed by atoms with Gasteiger partial charge in [0.25, 0.3) is 0 Å². The number of amides is 1. The van der Waals surface area contributed by atoms with Gasteiger partial charge in [-0.3, -0.25) is 4.79 Å². The highest BCUT2D eigenvalue weighted by molar-refractivity contribution is 5.93. The molecule has 0 bridgehead atoms. The molecule has 0 saturated heterocycles. The summed E-state index contributed by atoms with van der Waals surface area (Å²) in [4.78, 5) is 15.3. The van der Waals surface area contributed by atoms with Gasteiger partial charge in [0.05, 0.1) is 0 Å². The van der Waals surface area contributed by atoms with Crippen LogP contribution < -0.4 is 0 Å². The summed E-state index contributed by atoms with van der Waals surface area (Å²) in [6, 6.07) is 7.92. The highest BCUT2D eigenvalue weighted by Gasteiger charge is 2.14. The van der Waals surface area contributed by atoms with Gasteiger partial charge in [0.2, 0.25) is 6.29 Å². The Balaban J connectivity index is 2.69. The van der Waals surface area contributed by atoms with Crippen LogP contribution in [0.4, 0.5) is 0 Å². The van der Waals surface area contributed by atoms with E-state index < -0.39 is 12.2 Å². The zero-order valence-electron chi connectivity index (χ0n) is 11.2. The smallest absolute Gasteiger partial charge is 0.302 e. The lowest BCUT2D eigenvalue weighted by atomic mass is 10.0. The number of hydrogen-bond acceptors (Lipinski definition) is 3. The maximum Gasteiger partial charge on any atom is 0.302 e. The van der Waals surface area contributed by atoms with E-state index >= 15 is 0 Å². The number of aliphatic imine (C=N–C) groups is 1. The minimum Gasteiger partial charge on any atom is -0.348 e. The Kier molecular flexibility index (Phi) is 5.68. The second kappa shape index (κ2) is 7.03. The maximum atomic E-state index is 11.5. The largest absolute Gasteiger partial charge is 0.348 e. The first-order valence-corrected chi connectivity index (χ1v) is 5.82. The van der Waals surface area contributed by atoms with Gasteiger partial charge >= 0.3 is 5.91 Å². The Morgan fingerprint density at radius 1 is 1.17 bits per heavy atom. The molecule has 98 valence electrons. The van der Waals surface area contributed by atoms with E-state index in [9.17, 15) is 4.79 Å². The van der Waals surface area contributed by atoms with Gasteiger partial charge in [-0.2, -0.15) is 0 Å². The molecule has 0 saturated carbocycles. The van der Waals surface area contributed by atoms with Crippen molar-refractivity contribution in [1.29, 1.82) is 0 Å². The lowest BCUT2D eigenvalue weighted by molar-refractivity contribution is -0.155. The molecule has 0 radical (unpaired) electrons. The summed E-state index contributed by atoms with van der Waals surface area (Å²) in [5.41, 5.74) is 2.13. The standard InChI is InChI=1S/C14H19NO3/c1-10(2)12-7-5-11(6-8-12)9-15-13(16)14(17-3)18-4/h5-10,14H,1-4H3. The topological polar surface area (TPSA) is 47.9 Å². The van der Waals surface area contributed by atoms with Gasteiger partial charge in [0.15, 0.2) is 0 Å². The van der Waals surface area contributed by atoms with Crippen LogP contribution >= 0.6 is 0 Å². The summed E-state index contributed by atoms with van der Waals surface area (Å²) in [7, 11) is 2.80. The number of hydrogen-bond donors (Lipinski definition) is 0. The minimum atomic E-state index is -0.934. The van der Waals surface area contributed by atoms with E-state index in [-0.39, 0.29) is 0 Å². The molecule has 1 aromatic carbocycles. The Bertz CT molecular complexity index is 406. The third-order valence-electron chi connectivity index (χ3n) is 2.57. The molecule has 0 atom stereocenters. The van der Waals surface area contributed by atoms with Crippen molar-refractivity contribution in [2.24, 2.45) is 4.99 Å². The highest BCUT2D eigenvalue weighted by Crippen LogP contribution is 2.13. The number of nitrogens with zero attached hydrogens (tertiary/aromatic N) is 1. The van der Waals surface area contributed by atoms with E-state index in [0.717, 1.165) is 5.56 Å². The number of carbonyl (C=O) groups is 1. The normalized spacial score (nSPS) is 11.7. The molecular formula is C14H19NO3. The second-order valence-electron chi connectivity index (χ2n) is 4.22. The SMILES string of the molecule is COC(OC)C(=O)N=Cc1ccc(C(C)C)cc1. The van der Waals surface area contributed by atoms with Crippen LogP contribution in [0, 0.1) is 0 Å². The molecule has 0 aromatic heterocycles. The molecule has 18 heavy (non-hydrogen) atoms. The van der Waals surface area contributed by atoms with Crippen LogP contribution in [0.1, 0.15) is 30.9 Å². The fraction of sp³-hybridized carbons (Fsp3) is 0.429. The number of benzene rings is 1. The maximum absolute atomic E-state index is 11.5. The van der Waals surface area contributed by atoms with Crippen LogP contribution in [0.2, 0.25) is 0 Å². The molecule has 0 heterocycles. The van der Waals surface area contributed by atoms with Crippen molar-refractivity contribution in [3.8, 4) is 0 Å². The summed E-state index contributed by atoms with van der Waals surface area (Å²) in [6.45, 7) is 4.27. The molecule has 1 amide bonds. The van der Waals surface area contributed by atoms with Gasteiger partial charge in [0.1, 0.15) is 0 Å². The van der Waals surface area contributed by atoms with Crippen molar-refractivity contribution in [3.63, 3.8) is 0 Å². The van der Waals surface area contributed by atoms with Gasteiger partial charge < -0.3 is 9.47 Å². The van der Waals surface area contributed by atoms with Crippen LogP contribution in [0.25, 0.3) is 0 Å². The van der Waals surface area contributed by atoms with Crippen molar-refractivity contribution in [2.45, 2.75) is 26.1 Å². The van der Waals surface area contributed by atoms with E-state index in [4.69, 9.17) is 9.47 Å². The fourth-order valence-corrected chi connectivity index (χ4v) is 1.46. The molecule has 4 nitrogen and oxygen atoms in total. The summed E-state index contributed by atoms with van der Waals surface area (Å²) in [5, 5.41) is 0. The van der Waals surface area contributed by atoms with Gasteiger partial charge in [0, 0.05) is 20.4 Å². The lowest BCUT2D eigenvalue weighted by Crippen LogP contribution is -2.23. The molecule has 1 aromatic rings. The number of ether oxygens (including phenoxy) is 2. The molecule has 0 spiro atoms. The van der Waals surface area contributed by atoms with E-state index in [1.54, 1.807) is 0 Å². The predicted octanol–water partition coefficient (Wildman–Crippen LogP) is 2.37. The van der Waals surface area contributed by atoms with Gasteiger partial charge in [-0.05, 0) is 17.0 Å². The first-order chi connectivity index (χ1) is 8.58. The Morgan fingerprint density at radius 2 is 1.72 bits per heavy atom. The quantitative estimate of drug-likeness (QED) is 0.594. The molecular weight excluding hydrogens is 230 g/mol. The van der Waals surface area contributed by atoms with E-state index in [2.05, 4.69) is 18.8 Å². The number of rotatable bonds is 5. The highest BCUT2D eigenvalue weighted by atomic mass is 16.7. The zero-order chi connectivity index (χ0) is 13.5. The monoisotopic (exact) mass is 249 g/mol. The van der Waals surface area contributed by atoms with Crippen LogP contribution in [-0.2, 0) is 14.3 Å². The lowest BCUT2D eigenvalue weighted by Gasteiger charge is -2.08.